The van der Waals surface area contributed by atoms with Gasteiger partial charge in [-0.3, -0.25) is 9.59 Å². The molecule has 0 saturated heterocycles. The first-order valence-corrected chi connectivity index (χ1v) is 9.19. The third-order valence-corrected chi connectivity index (χ3v) is 4.61. The van der Waals surface area contributed by atoms with Gasteiger partial charge in [0.15, 0.2) is 5.92 Å². The van der Waals surface area contributed by atoms with E-state index in [1.54, 1.807) is 0 Å². The molecule has 0 N–H and O–H groups in total. The van der Waals surface area contributed by atoms with Crippen LogP contribution in [0.15, 0.2) is 72.8 Å². The SMILES string of the molecule is COC(=O)C(C/C=C/C/C(=C(\C)c1ccccc1)c1ccccc1)C(=O)OC. The van der Waals surface area contributed by atoms with Gasteiger partial charge in [-0.25, -0.2) is 0 Å². The molecular weight excluding hydrogens is 352 g/mol. The van der Waals surface area contributed by atoms with Crippen LogP contribution < -0.4 is 0 Å². The zero-order valence-electron chi connectivity index (χ0n) is 16.6. The van der Waals surface area contributed by atoms with E-state index in [0.717, 1.165) is 11.1 Å². The normalized spacial score (nSPS) is 12.0. The van der Waals surface area contributed by atoms with Crippen molar-refractivity contribution in [1.82, 2.24) is 0 Å². The summed E-state index contributed by atoms with van der Waals surface area (Å²) < 4.78 is 9.39. The third-order valence-electron chi connectivity index (χ3n) is 4.61. The second-order valence-electron chi connectivity index (χ2n) is 6.35. The minimum atomic E-state index is -0.939. The number of hydrogen-bond acceptors (Lipinski definition) is 4. The molecule has 4 heteroatoms. The van der Waals surface area contributed by atoms with E-state index in [4.69, 9.17) is 9.47 Å². The lowest BCUT2D eigenvalue weighted by atomic mass is 9.93. The molecule has 0 aliphatic rings. The molecule has 0 fully saturated rings. The molecule has 0 saturated carbocycles. The average molecular weight is 378 g/mol. The van der Waals surface area contributed by atoms with Crippen molar-refractivity contribution in [1.29, 1.82) is 0 Å². The molecule has 0 aromatic heterocycles. The van der Waals surface area contributed by atoms with E-state index < -0.39 is 17.9 Å². The number of carbonyl (C=O) groups is 2. The standard InChI is InChI=1S/C24H26O4/c1-18(19-12-6-4-7-13-19)21(20-14-8-5-9-15-20)16-10-11-17-22(23(25)27-2)24(26)28-3/h4-15,22H,16-17H2,1-3H3/b11-10+,21-18-. The maximum absolute atomic E-state index is 11.8. The van der Waals surface area contributed by atoms with E-state index in [-0.39, 0.29) is 6.42 Å². The fourth-order valence-corrected chi connectivity index (χ4v) is 3.00. The molecule has 0 aliphatic heterocycles. The zero-order valence-corrected chi connectivity index (χ0v) is 16.6. The van der Waals surface area contributed by atoms with Crippen LogP contribution in [0.25, 0.3) is 11.1 Å². The summed E-state index contributed by atoms with van der Waals surface area (Å²) in [5.41, 5.74) is 4.69. The summed E-state index contributed by atoms with van der Waals surface area (Å²) in [7, 11) is 2.53. The molecule has 2 aromatic carbocycles. The Hall–Kier alpha value is -3.14. The van der Waals surface area contributed by atoms with E-state index in [2.05, 4.69) is 31.2 Å². The van der Waals surface area contributed by atoms with Gasteiger partial charge in [0.25, 0.3) is 0 Å². The smallest absolute Gasteiger partial charge is 0.320 e. The van der Waals surface area contributed by atoms with Gasteiger partial charge in [0.05, 0.1) is 14.2 Å². The van der Waals surface area contributed by atoms with Crippen molar-refractivity contribution in [2.75, 3.05) is 14.2 Å². The molecule has 146 valence electrons. The summed E-state index contributed by atoms with van der Waals surface area (Å²) in [5.74, 6) is -2.11. The van der Waals surface area contributed by atoms with Crippen LogP contribution in [0.2, 0.25) is 0 Å². The number of carbonyl (C=O) groups excluding carboxylic acids is 2. The summed E-state index contributed by atoms with van der Waals surface area (Å²) in [6, 6.07) is 20.4. The fourth-order valence-electron chi connectivity index (χ4n) is 3.00. The predicted octanol–water partition coefficient (Wildman–Crippen LogP) is 4.92. The van der Waals surface area contributed by atoms with Gasteiger partial charge in [-0.1, -0.05) is 72.8 Å². The van der Waals surface area contributed by atoms with Gasteiger partial charge in [-0.15, -0.1) is 0 Å². The summed E-state index contributed by atoms with van der Waals surface area (Å²) in [5, 5.41) is 0. The van der Waals surface area contributed by atoms with Crippen LogP contribution in [-0.2, 0) is 19.1 Å². The minimum absolute atomic E-state index is 0.242. The molecule has 0 bridgehead atoms. The number of esters is 2. The van der Waals surface area contributed by atoms with E-state index >= 15 is 0 Å². The number of hydrogen-bond donors (Lipinski definition) is 0. The maximum atomic E-state index is 11.8. The van der Waals surface area contributed by atoms with Crippen molar-refractivity contribution < 1.29 is 19.1 Å². The zero-order chi connectivity index (χ0) is 20.4. The second-order valence-corrected chi connectivity index (χ2v) is 6.35. The van der Waals surface area contributed by atoms with E-state index in [9.17, 15) is 9.59 Å². The molecule has 0 radical (unpaired) electrons. The van der Waals surface area contributed by atoms with Gasteiger partial charge in [0.1, 0.15) is 0 Å². The van der Waals surface area contributed by atoms with Crippen molar-refractivity contribution >= 4 is 23.1 Å². The van der Waals surface area contributed by atoms with Gasteiger partial charge >= 0.3 is 11.9 Å². The molecule has 0 amide bonds. The molecule has 2 aromatic rings. The monoisotopic (exact) mass is 378 g/mol. The van der Waals surface area contributed by atoms with Crippen LogP contribution in [-0.4, -0.2) is 26.2 Å². The Labute approximate surface area is 166 Å². The molecule has 28 heavy (non-hydrogen) atoms. The molecule has 0 aliphatic carbocycles. The van der Waals surface area contributed by atoms with Crippen molar-refractivity contribution in [2.24, 2.45) is 5.92 Å². The highest BCUT2D eigenvalue weighted by molar-refractivity contribution is 5.95. The minimum Gasteiger partial charge on any atom is -0.468 e. The second kappa shape index (κ2) is 10.9. The molecular formula is C24H26O4. The summed E-state index contributed by atoms with van der Waals surface area (Å²) in [6.45, 7) is 2.11. The molecule has 0 heterocycles. The van der Waals surface area contributed by atoms with Crippen LogP contribution in [0.5, 0.6) is 0 Å². The van der Waals surface area contributed by atoms with Crippen LogP contribution >= 0.6 is 0 Å². The van der Waals surface area contributed by atoms with Crippen LogP contribution in [0.3, 0.4) is 0 Å². The van der Waals surface area contributed by atoms with Crippen molar-refractivity contribution in [3.63, 3.8) is 0 Å². The highest BCUT2D eigenvalue weighted by Gasteiger charge is 2.27. The van der Waals surface area contributed by atoms with E-state index in [1.807, 2.05) is 48.6 Å². The molecule has 4 nitrogen and oxygen atoms in total. The lowest BCUT2D eigenvalue weighted by Crippen LogP contribution is -2.25. The molecule has 0 unspecified atom stereocenters. The number of ether oxygens (including phenoxy) is 2. The summed E-state index contributed by atoms with van der Waals surface area (Å²) in [4.78, 5) is 23.6. The highest BCUT2D eigenvalue weighted by atomic mass is 16.5. The molecule has 0 atom stereocenters. The summed E-state index contributed by atoms with van der Waals surface area (Å²) >= 11 is 0. The topological polar surface area (TPSA) is 52.6 Å². The Kier molecular flexibility index (Phi) is 8.22. The van der Waals surface area contributed by atoms with Gasteiger partial charge in [0.2, 0.25) is 0 Å². The Morgan fingerprint density at radius 3 is 1.82 bits per heavy atom. The third kappa shape index (κ3) is 5.68. The highest BCUT2D eigenvalue weighted by Crippen LogP contribution is 2.29. The van der Waals surface area contributed by atoms with Gasteiger partial charge in [-0.05, 0) is 42.0 Å². The first-order chi connectivity index (χ1) is 13.6. The van der Waals surface area contributed by atoms with E-state index in [0.29, 0.717) is 6.42 Å². The Bertz CT molecular complexity index is 819. The average Bonchev–Trinajstić information content (AvgIpc) is 2.76. The van der Waals surface area contributed by atoms with Gasteiger partial charge in [-0.2, -0.15) is 0 Å². The quantitative estimate of drug-likeness (QED) is 0.283. The summed E-state index contributed by atoms with van der Waals surface area (Å²) in [6.07, 6.45) is 4.74. The first-order valence-electron chi connectivity index (χ1n) is 9.19. The Balaban J connectivity index is 2.23. The first kappa shape index (κ1) is 21.2. The predicted molar refractivity (Wildman–Crippen MR) is 111 cm³/mol. The fraction of sp³-hybridized carbons (Fsp3) is 0.250. The maximum Gasteiger partial charge on any atom is 0.320 e. The Morgan fingerprint density at radius 2 is 1.32 bits per heavy atom. The van der Waals surface area contributed by atoms with Crippen molar-refractivity contribution in [3.8, 4) is 0 Å². The number of rotatable bonds is 8. The molecule has 2 rings (SSSR count). The van der Waals surface area contributed by atoms with Crippen LogP contribution in [0.4, 0.5) is 0 Å². The lowest BCUT2D eigenvalue weighted by Gasteiger charge is -2.12. The number of allylic oxidation sites excluding steroid dienone is 4. The largest absolute Gasteiger partial charge is 0.468 e. The van der Waals surface area contributed by atoms with Crippen molar-refractivity contribution in [3.05, 3.63) is 83.9 Å². The van der Waals surface area contributed by atoms with Crippen LogP contribution in [0, 0.1) is 5.92 Å². The van der Waals surface area contributed by atoms with Gasteiger partial charge < -0.3 is 9.47 Å². The van der Waals surface area contributed by atoms with Crippen molar-refractivity contribution in [2.45, 2.75) is 19.8 Å². The number of methoxy groups -OCH3 is 2. The van der Waals surface area contributed by atoms with Gasteiger partial charge in [0, 0.05) is 0 Å². The van der Waals surface area contributed by atoms with Crippen LogP contribution in [0.1, 0.15) is 30.9 Å². The molecule has 0 spiro atoms. The number of benzene rings is 2. The lowest BCUT2D eigenvalue weighted by molar-refractivity contribution is -0.158. The van der Waals surface area contributed by atoms with E-state index in [1.165, 1.54) is 25.4 Å². The Morgan fingerprint density at radius 1 is 0.821 bits per heavy atom.